The Morgan fingerprint density at radius 2 is 1.88 bits per heavy atom. The minimum atomic E-state index is -0.0627. The molecule has 0 amide bonds. The zero-order chi connectivity index (χ0) is 11.5. The third-order valence-corrected chi connectivity index (χ3v) is 3.10. The first kappa shape index (κ1) is 11.4. The summed E-state index contributed by atoms with van der Waals surface area (Å²) in [7, 11) is 0. The Labute approximate surface area is 101 Å². The molecule has 1 aromatic rings. The average Bonchev–Trinajstić information content (AvgIpc) is 2.44. The van der Waals surface area contributed by atoms with E-state index in [1.165, 1.54) is 0 Å². The lowest BCUT2D eigenvalue weighted by molar-refractivity contribution is 0.0849. The monoisotopic (exact) mass is 234 g/mol. The molecule has 2 rings (SSSR count). The highest BCUT2D eigenvalue weighted by Crippen LogP contribution is 2.34. The Morgan fingerprint density at radius 1 is 1.19 bits per heavy atom. The van der Waals surface area contributed by atoms with Crippen LogP contribution in [0, 0.1) is 0 Å². The van der Waals surface area contributed by atoms with E-state index in [1.807, 2.05) is 24.3 Å². The van der Waals surface area contributed by atoms with Crippen molar-refractivity contribution in [3.63, 3.8) is 0 Å². The van der Waals surface area contributed by atoms with Crippen molar-refractivity contribution in [3.05, 3.63) is 59.2 Å². The molecule has 84 valence electrons. The molecular weight excluding hydrogens is 220 g/mol. The highest BCUT2D eigenvalue weighted by Gasteiger charge is 2.20. The fraction of sp³-hybridized carbons (Fsp3) is 0.286. The van der Waals surface area contributed by atoms with Gasteiger partial charge < -0.3 is 4.74 Å². The normalized spacial score (nSPS) is 21.9. The van der Waals surface area contributed by atoms with Crippen LogP contribution in [0.3, 0.4) is 0 Å². The number of ether oxygens (including phenoxy) is 1. The minimum absolute atomic E-state index is 0.0627. The second kappa shape index (κ2) is 4.86. The van der Waals surface area contributed by atoms with E-state index >= 15 is 0 Å². The SMILES string of the molecule is C=C1CCCOC(c2ccc(Cl)cc2)C1=C. The number of hydrogen-bond donors (Lipinski definition) is 0. The highest BCUT2D eigenvalue weighted by molar-refractivity contribution is 6.30. The van der Waals surface area contributed by atoms with E-state index in [0.29, 0.717) is 0 Å². The van der Waals surface area contributed by atoms with E-state index in [2.05, 4.69) is 13.2 Å². The Morgan fingerprint density at radius 3 is 2.56 bits per heavy atom. The van der Waals surface area contributed by atoms with Gasteiger partial charge in [-0.1, -0.05) is 36.9 Å². The number of benzene rings is 1. The van der Waals surface area contributed by atoms with Crippen LogP contribution in [0.5, 0.6) is 0 Å². The summed E-state index contributed by atoms with van der Waals surface area (Å²) in [5.74, 6) is 0. The fourth-order valence-electron chi connectivity index (χ4n) is 1.87. The van der Waals surface area contributed by atoms with E-state index in [4.69, 9.17) is 16.3 Å². The van der Waals surface area contributed by atoms with Gasteiger partial charge in [-0.2, -0.15) is 0 Å². The summed E-state index contributed by atoms with van der Waals surface area (Å²) >= 11 is 5.87. The van der Waals surface area contributed by atoms with Gasteiger partial charge in [0.15, 0.2) is 0 Å². The second-order valence-corrected chi connectivity index (χ2v) is 4.47. The zero-order valence-electron chi connectivity index (χ0n) is 9.21. The van der Waals surface area contributed by atoms with Gasteiger partial charge in [0.2, 0.25) is 0 Å². The van der Waals surface area contributed by atoms with Gasteiger partial charge in [0.25, 0.3) is 0 Å². The van der Waals surface area contributed by atoms with Crippen LogP contribution in [0.1, 0.15) is 24.5 Å². The molecular formula is C14H15ClO. The molecule has 1 aromatic carbocycles. The van der Waals surface area contributed by atoms with Gasteiger partial charge in [0.1, 0.15) is 6.10 Å². The molecule has 0 spiro atoms. The van der Waals surface area contributed by atoms with Gasteiger partial charge in [-0.3, -0.25) is 0 Å². The standard InChI is InChI=1S/C14H15ClO/c1-10-4-3-9-16-14(11(10)2)12-5-7-13(15)8-6-12/h5-8,14H,1-4,9H2. The number of halogens is 1. The summed E-state index contributed by atoms with van der Waals surface area (Å²) in [4.78, 5) is 0. The third kappa shape index (κ3) is 2.37. The molecule has 16 heavy (non-hydrogen) atoms. The molecule has 0 N–H and O–H groups in total. The summed E-state index contributed by atoms with van der Waals surface area (Å²) in [6, 6.07) is 7.72. The first-order valence-corrected chi connectivity index (χ1v) is 5.80. The second-order valence-electron chi connectivity index (χ2n) is 4.03. The van der Waals surface area contributed by atoms with Crippen molar-refractivity contribution in [1.82, 2.24) is 0 Å². The van der Waals surface area contributed by atoms with Crippen LogP contribution >= 0.6 is 11.6 Å². The van der Waals surface area contributed by atoms with Gasteiger partial charge in [0.05, 0.1) is 0 Å². The van der Waals surface area contributed by atoms with Crippen molar-refractivity contribution >= 4 is 11.6 Å². The van der Waals surface area contributed by atoms with Crippen molar-refractivity contribution in [1.29, 1.82) is 0 Å². The number of rotatable bonds is 1. The van der Waals surface area contributed by atoms with E-state index in [-0.39, 0.29) is 6.10 Å². The zero-order valence-corrected chi connectivity index (χ0v) is 9.96. The van der Waals surface area contributed by atoms with Crippen LogP contribution in [0.15, 0.2) is 48.6 Å². The average molecular weight is 235 g/mol. The quantitative estimate of drug-likeness (QED) is 0.704. The molecule has 1 nitrogen and oxygen atoms in total. The molecule has 0 saturated carbocycles. The first-order chi connectivity index (χ1) is 7.68. The van der Waals surface area contributed by atoms with Crippen molar-refractivity contribution < 1.29 is 4.74 Å². The Kier molecular flexibility index (Phi) is 3.47. The molecule has 1 aliphatic rings. The maximum atomic E-state index is 5.87. The lowest BCUT2D eigenvalue weighted by atomic mass is 9.96. The van der Waals surface area contributed by atoms with E-state index in [1.54, 1.807) is 0 Å². The molecule has 2 heteroatoms. The lowest BCUT2D eigenvalue weighted by Crippen LogP contribution is -2.05. The van der Waals surface area contributed by atoms with Gasteiger partial charge in [-0.15, -0.1) is 0 Å². The van der Waals surface area contributed by atoms with Crippen molar-refractivity contribution in [2.24, 2.45) is 0 Å². The van der Waals surface area contributed by atoms with Crippen LogP contribution in [-0.4, -0.2) is 6.61 Å². The Balaban J connectivity index is 2.27. The largest absolute Gasteiger partial charge is 0.369 e. The van der Waals surface area contributed by atoms with Crippen LogP contribution < -0.4 is 0 Å². The third-order valence-electron chi connectivity index (χ3n) is 2.85. The minimum Gasteiger partial charge on any atom is -0.369 e. The number of hydrogen-bond acceptors (Lipinski definition) is 1. The predicted molar refractivity (Wildman–Crippen MR) is 67.7 cm³/mol. The van der Waals surface area contributed by atoms with Gasteiger partial charge in [-0.25, -0.2) is 0 Å². The van der Waals surface area contributed by atoms with Crippen LogP contribution in [0.4, 0.5) is 0 Å². The Hall–Kier alpha value is -1.05. The summed E-state index contributed by atoms with van der Waals surface area (Å²) in [6.07, 6.45) is 1.93. The van der Waals surface area contributed by atoms with Gasteiger partial charge >= 0.3 is 0 Å². The summed E-state index contributed by atoms with van der Waals surface area (Å²) in [6.45, 7) is 8.88. The molecule has 1 unspecified atom stereocenters. The van der Waals surface area contributed by atoms with Crippen LogP contribution in [0.2, 0.25) is 5.02 Å². The molecule has 1 saturated heterocycles. The van der Waals surface area contributed by atoms with Crippen LogP contribution in [-0.2, 0) is 4.74 Å². The maximum Gasteiger partial charge on any atom is 0.107 e. The van der Waals surface area contributed by atoms with Crippen molar-refractivity contribution in [3.8, 4) is 0 Å². The Bertz CT molecular complexity index is 405. The predicted octanol–water partition coefficient (Wildman–Crippen LogP) is 4.30. The van der Waals surface area contributed by atoms with E-state index in [0.717, 1.165) is 41.2 Å². The summed E-state index contributed by atoms with van der Waals surface area (Å²) in [5, 5.41) is 0.738. The van der Waals surface area contributed by atoms with Crippen molar-refractivity contribution in [2.75, 3.05) is 6.61 Å². The topological polar surface area (TPSA) is 9.23 Å². The van der Waals surface area contributed by atoms with E-state index in [9.17, 15) is 0 Å². The first-order valence-electron chi connectivity index (χ1n) is 5.42. The van der Waals surface area contributed by atoms with Crippen LogP contribution in [0.25, 0.3) is 0 Å². The van der Waals surface area contributed by atoms with Gasteiger partial charge in [-0.05, 0) is 41.7 Å². The fourth-order valence-corrected chi connectivity index (χ4v) is 1.99. The molecule has 0 aromatic heterocycles. The summed E-state index contributed by atoms with van der Waals surface area (Å²) in [5.41, 5.74) is 3.18. The highest BCUT2D eigenvalue weighted by atomic mass is 35.5. The maximum absolute atomic E-state index is 5.87. The van der Waals surface area contributed by atoms with E-state index < -0.39 is 0 Å². The molecule has 0 aliphatic carbocycles. The molecule has 1 atom stereocenters. The molecule has 0 bridgehead atoms. The molecule has 0 radical (unpaired) electrons. The van der Waals surface area contributed by atoms with Gasteiger partial charge in [0, 0.05) is 11.6 Å². The smallest absolute Gasteiger partial charge is 0.107 e. The molecule has 1 heterocycles. The summed E-state index contributed by atoms with van der Waals surface area (Å²) < 4.78 is 5.81. The van der Waals surface area contributed by atoms with Crippen molar-refractivity contribution in [2.45, 2.75) is 18.9 Å². The molecule has 1 aliphatic heterocycles. The molecule has 1 fully saturated rings. The lowest BCUT2D eigenvalue weighted by Gasteiger charge is -2.18.